The first-order chi connectivity index (χ1) is 6.86. The molecule has 0 radical (unpaired) electrons. The van der Waals surface area contributed by atoms with E-state index in [1.807, 2.05) is 18.2 Å². The lowest BCUT2D eigenvalue weighted by Crippen LogP contribution is -2.20. The predicted molar refractivity (Wildman–Crippen MR) is 63.3 cm³/mol. The van der Waals surface area contributed by atoms with Gasteiger partial charge in [0.2, 0.25) is 0 Å². The van der Waals surface area contributed by atoms with Crippen molar-refractivity contribution < 1.29 is 4.79 Å². The first-order valence-corrected chi connectivity index (χ1v) is 5.19. The number of carbonyl (C=O) groups excluding carboxylic acids is 1. The van der Waals surface area contributed by atoms with Crippen LogP contribution in [0.4, 0.5) is 0 Å². The van der Waals surface area contributed by atoms with E-state index in [0.29, 0.717) is 0 Å². The second kappa shape index (κ2) is 4.05. The summed E-state index contributed by atoms with van der Waals surface area (Å²) in [6.07, 6.45) is 0. The zero-order valence-corrected chi connectivity index (χ0v) is 10.1. The number of carbonyl (C=O) groups is 1. The average Bonchev–Trinajstić information content (AvgIpc) is 2.15. The molecule has 0 heterocycles. The molecule has 1 rings (SSSR count). The monoisotopic (exact) mass is 205 g/mol. The van der Waals surface area contributed by atoms with Gasteiger partial charge < -0.3 is 5.32 Å². The lowest BCUT2D eigenvalue weighted by Gasteiger charge is -2.22. The molecule has 0 saturated heterocycles. The van der Waals surface area contributed by atoms with Gasteiger partial charge in [0.1, 0.15) is 0 Å². The maximum absolute atomic E-state index is 11.5. The van der Waals surface area contributed by atoms with Crippen LogP contribution in [0.2, 0.25) is 0 Å². The van der Waals surface area contributed by atoms with Crippen molar-refractivity contribution in [1.29, 1.82) is 0 Å². The minimum Gasteiger partial charge on any atom is -0.355 e. The number of hydrogen-bond acceptors (Lipinski definition) is 1. The van der Waals surface area contributed by atoms with Crippen LogP contribution in [-0.2, 0) is 5.41 Å². The standard InChI is InChI=1S/C13H19NO/c1-9-6-7-10(12(15)14-5)8-11(9)13(2,3)4/h6-8H,1-5H3,(H,14,15). The third-order valence-corrected chi connectivity index (χ3v) is 2.53. The van der Waals surface area contributed by atoms with Gasteiger partial charge in [-0.15, -0.1) is 0 Å². The molecule has 0 saturated carbocycles. The highest BCUT2D eigenvalue weighted by Gasteiger charge is 2.17. The fourth-order valence-corrected chi connectivity index (χ4v) is 1.72. The molecule has 1 aromatic rings. The number of benzene rings is 1. The van der Waals surface area contributed by atoms with Crippen molar-refractivity contribution in [1.82, 2.24) is 5.32 Å². The van der Waals surface area contributed by atoms with Crippen molar-refractivity contribution in [2.75, 3.05) is 7.05 Å². The van der Waals surface area contributed by atoms with Crippen LogP contribution in [0, 0.1) is 6.92 Å². The van der Waals surface area contributed by atoms with Crippen LogP contribution in [-0.4, -0.2) is 13.0 Å². The Bertz CT molecular complexity index is 375. The van der Waals surface area contributed by atoms with Gasteiger partial charge in [-0.05, 0) is 35.6 Å². The molecule has 0 aliphatic heterocycles. The molecule has 0 spiro atoms. The Morgan fingerprint density at radius 3 is 2.33 bits per heavy atom. The molecule has 2 heteroatoms. The molecule has 1 amide bonds. The van der Waals surface area contributed by atoms with Crippen molar-refractivity contribution in [3.05, 3.63) is 34.9 Å². The summed E-state index contributed by atoms with van der Waals surface area (Å²) in [6.45, 7) is 8.54. The summed E-state index contributed by atoms with van der Waals surface area (Å²) >= 11 is 0. The molecule has 0 bridgehead atoms. The van der Waals surface area contributed by atoms with Gasteiger partial charge in [0, 0.05) is 12.6 Å². The predicted octanol–water partition coefficient (Wildman–Crippen LogP) is 2.65. The largest absolute Gasteiger partial charge is 0.355 e. The smallest absolute Gasteiger partial charge is 0.251 e. The summed E-state index contributed by atoms with van der Waals surface area (Å²) in [4.78, 5) is 11.5. The van der Waals surface area contributed by atoms with E-state index < -0.39 is 0 Å². The van der Waals surface area contributed by atoms with Crippen molar-refractivity contribution in [2.45, 2.75) is 33.1 Å². The minimum atomic E-state index is -0.0273. The molecule has 1 aromatic carbocycles. The summed E-state index contributed by atoms with van der Waals surface area (Å²) in [5.41, 5.74) is 3.26. The molecular weight excluding hydrogens is 186 g/mol. The summed E-state index contributed by atoms with van der Waals surface area (Å²) in [7, 11) is 1.65. The fraction of sp³-hybridized carbons (Fsp3) is 0.462. The lowest BCUT2D eigenvalue weighted by atomic mass is 9.83. The second-order valence-electron chi connectivity index (χ2n) is 4.86. The Morgan fingerprint density at radius 2 is 1.87 bits per heavy atom. The molecule has 15 heavy (non-hydrogen) atoms. The van der Waals surface area contributed by atoms with Crippen molar-refractivity contribution in [3.63, 3.8) is 0 Å². The third kappa shape index (κ3) is 2.58. The molecule has 0 unspecified atom stereocenters. The van der Waals surface area contributed by atoms with Crippen molar-refractivity contribution >= 4 is 5.91 Å². The second-order valence-corrected chi connectivity index (χ2v) is 4.86. The number of amides is 1. The highest BCUT2D eigenvalue weighted by Crippen LogP contribution is 2.26. The molecule has 1 N–H and O–H groups in total. The van der Waals surface area contributed by atoms with Gasteiger partial charge in [-0.2, -0.15) is 0 Å². The van der Waals surface area contributed by atoms with Crippen LogP contribution >= 0.6 is 0 Å². The summed E-state index contributed by atoms with van der Waals surface area (Å²) in [6, 6.07) is 5.85. The molecule has 0 fully saturated rings. The van der Waals surface area contributed by atoms with Gasteiger partial charge in [0.15, 0.2) is 0 Å². The number of hydrogen-bond donors (Lipinski definition) is 1. The maximum Gasteiger partial charge on any atom is 0.251 e. The Labute approximate surface area is 91.7 Å². The van der Waals surface area contributed by atoms with Gasteiger partial charge in [-0.3, -0.25) is 4.79 Å². The highest BCUT2D eigenvalue weighted by atomic mass is 16.1. The van der Waals surface area contributed by atoms with Crippen molar-refractivity contribution in [3.8, 4) is 0 Å². The molecule has 0 aliphatic carbocycles. The van der Waals surface area contributed by atoms with Gasteiger partial charge >= 0.3 is 0 Å². The van der Waals surface area contributed by atoms with Crippen LogP contribution in [0.5, 0.6) is 0 Å². The first-order valence-electron chi connectivity index (χ1n) is 5.19. The normalized spacial score (nSPS) is 11.3. The maximum atomic E-state index is 11.5. The first kappa shape index (κ1) is 11.8. The van der Waals surface area contributed by atoms with E-state index in [0.717, 1.165) is 5.56 Å². The van der Waals surface area contributed by atoms with E-state index in [-0.39, 0.29) is 11.3 Å². The van der Waals surface area contributed by atoms with Gasteiger partial charge in [-0.1, -0.05) is 26.8 Å². The minimum absolute atomic E-state index is 0.0273. The molecule has 0 aliphatic rings. The molecule has 0 aromatic heterocycles. The van der Waals surface area contributed by atoms with E-state index in [1.54, 1.807) is 7.05 Å². The number of aryl methyl sites for hydroxylation is 1. The third-order valence-electron chi connectivity index (χ3n) is 2.53. The lowest BCUT2D eigenvalue weighted by molar-refractivity contribution is 0.0963. The summed E-state index contributed by atoms with van der Waals surface area (Å²) < 4.78 is 0. The molecular formula is C13H19NO. The van der Waals surface area contributed by atoms with E-state index in [4.69, 9.17) is 0 Å². The van der Waals surface area contributed by atoms with Gasteiger partial charge in [0.25, 0.3) is 5.91 Å². The topological polar surface area (TPSA) is 29.1 Å². The van der Waals surface area contributed by atoms with Gasteiger partial charge in [-0.25, -0.2) is 0 Å². The zero-order chi connectivity index (χ0) is 11.6. The van der Waals surface area contributed by atoms with Crippen LogP contribution in [0.15, 0.2) is 18.2 Å². The summed E-state index contributed by atoms with van der Waals surface area (Å²) in [5, 5.41) is 2.64. The fourth-order valence-electron chi connectivity index (χ4n) is 1.72. The zero-order valence-electron chi connectivity index (χ0n) is 10.1. The Hall–Kier alpha value is -1.31. The molecule has 82 valence electrons. The Balaban J connectivity index is 3.23. The van der Waals surface area contributed by atoms with Crippen LogP contribution in [0.3, 0.4) is 0 Å². The van der Waals surface area contributed by atoms with Crippen molar-refractivity contribution in [2.24, 2.45) is 0 Å². The van der Waals surface area contributed by atoms with Crippen LogP contribution in [0.25, 0.3) is 0 Å². The van der Waals surface area contributed by atoms with E-state index >= 15 is 0 Å². The van der Waals surface area contributed by atoms with Crippen LogP contribution < -0.4 is 5.32 Å². The quantitative estimate of drug-likeness (QED) is 0.750. The SMILES string of the molecule is CNC(=O)c1ccc(C)c(C(C)(C)C)c1. The van der Waals surface area contributed by atoms with Gasteiger partial charge in [0.05, 0.1) is 0 Å². The summed E-state index contributed by atoms with van der Waals surface area (Å²) in [5.74, 6) is -0.0273. The van der Waals surface area contributed by atoms with E-state index in [1.165, 1.54) is 11.1 Å². The Kier molecular flexibility index (Phi) is 3.18. The average molecular weight is 205 g/mol. The number of rotatable bonds is 1. The Morgan fingerprint density at radius 1 is 1.27 bits per heavy atom. The molecule has 0 atom stereocenters. The van der Waals surface area contributed by atoms with E-state index in [9.17, 15) is 4.79 Å². The van der Waals surface area contributed by atoms with E-state index in [2.05, 4.69) is 33.0 Å². The molecule has 2 nitrogen and oxygen atoms in total. The van der Waals surface area contributed by atoms with Crippen LogP contribution in [0.1, 0.15) is 42.3 Å². The number of nitrogens with one attached hydrogen (secondary N) is 1. The highest BCUT2D eigenvalue weighted by molar-refractivity contribution is 5.94.